The minimum absolute atomic E-state index is 0.353. The molecule has 1 aromatic rings. The van der Waals surface area contributed by atoms with E-state index in [2.05, 4.69) is 10.3 Å². The van der Waals surface area contributed by atoms with Gasteiger partial charge in [-0.25, -0.2) is 4.98 Å². The van der Waals surface area contributed by atoms with E-state index >= 15 is 0 Å². The van der Waals surface area contributed by atoms with Crippen LogP contribution < -0.4 is 10.1 Å². The molecule has 0 saturated carbocycles. The van der Waals surface area contributed by atoms with Gasteiger partial charge in [-0.3, -0.25) is 0 Å². The Morgan fingerprint density at radius 1 is 1.53 bits per heavy atom. The van der Waals surface area contributed by atoms with Crippen molar-refractivity contribution >= 4 is 0 Å². The Morgan fingerprint density at radius 3 is 2.94 bits per heavy atom. The first-order valence-electron chi connectivity index (χ1n) is 5.64. The first-order chi connectivity index (χ1) is 8.11. The summed E-state index contributed by atoms with van der Waals surface area (Å²) in [5.74, 6) is 0.609. The summed E-state index contributed by atoms with van der Waals surface area (Å²) in [7, 11) is 5.48. The Kier molecular flexibility index (Phi) is 5.90. The molecule has 0 fully saturated rings. The number of rotatable bonds is 7. The van der Waals surface area contributed by atoms with E-state index in [0.29, 0.717) is 25.5 Å². The summed E-state index contributed by atoms with van der Waals surface area (Å²) in [6.07, 6.45) is 1.36. The molecule has 1 unspecified atom stereocenters. The molecule has 0 amide bonds. The van der Waals surface area contributed by atoms with Crippen molar-refractivity contribution in [1.29, 1.82) is 0 Å². The van der Waals surface area contributed by atoms with E-state index in [1.54, 1.807) is 13.3 Å². The molecule has 5 heteroatoms. The van der Waals surface area contributed by atoms with Gasteiger partial charge in [0.15, 0.2) is 0 Å². The number of methoxy groups -OCH3 is 1. The molecule has 0 spiro atoms. The normalized spacial score (nSPS) is 12.8. The van der Waals surface area contributed by atoms with E-state index in [1.807, 2.05) is 31.1 Å². The Morgan fingerprint density at radius 2 is 2.29 bits per heavy atom. The van der Waals surface area contributed by atoms with Crippen molar-refractivity contribution in [3.05, 3.63) is 23.9 Å². The maximum atomic E-state index is 9.66. The SMILES string of the molecule is COc1cc(CNCC(O)CN(C)C)ccn1. The quantitative estimate of drug-likeness (QED) is 0.707. The summed E-state index contributed by atoms with van der Waals surface area (Å²) < 4.78 is 5.04. The fourth-order valence-electron chi connectivity index (χ4n) is 1.54. The molecule has 5 nitrogen and oxygen atoms in total. The van der Waals surface area contributed by atoms with E-state index < -0.39 is 0 Å². The lowest BCUT2D eigenvalue weighted by atomic mass is 10.2. The van der Waals surface area contributed by atoms with E-state index in [-0.39, 0.29) is 6.10 Å². The van der Waals surface area contributed by atoms with Gasteiger partial charge >= 0.3 is 0 Å². The molecular weight excluding hydrogens is 218 g/mol. The second-order valence-corrected chi connectivity index (χ2v) is 4.25. The molecule has 1 aromatic heterocycles. The highest BCUT2D eigenvalue weighted by Crippen LogP contribution is 2.07. The number of likely N-dealkylation sites (N-methyl/N-ethyl adjacent to an activating group) is 1. The summed E-state index contributed by atoms with van der Waals surface area (Å²) in [5, 5.41) is 12.9. The van der Waals surface area contributed by atoms with Gasteiger partial charge in [0, 0.05) is 31.9 Å². The van der Waals surface area contributed by atoms with Crippen molar-refractivity contribution < 1.29 is 9.84 Å². The highest BCUT2D eigenvalue weighted by Gasteiger charge is 2.04. The van der Waals surface area contributed by atoms with Gasteiger partial charge in [0.2, 0.25) is 5.88 Å². The van der Waals surface area contributed by atoms with Crippen molar-refractivity contribution in [3.8, 4) is 5.88 Å². The lowest BCUT2D eigenvalue weighted by Crippen LogP contribution is -2.34. The predicted octanol–water partition coefficient (Wildman–Crippen LogP) is 0.102. The van der Waals surface area contributed by atoms with Crippen LogP contribution >= 0.6 is 0 Å². The number of hydrogen-bond acceptors (Lipinski definition) is 5. The highest BCUT2D eigenvalue weighted by molar-refractivity contribution is 5.20. The molecule has 0 aliphatic heterocycles. The zero-order valence-electron chi connectivity index (χ0n) is 10.7. The molecule has 0 bridgehead atoms. The van der Waals surface area contributed by atoms with Crippen LogP contribution in [0.15, 0.2) is 18.3 Å². The zero-order valence-corrected chi connectivity index (χ0v) is 10.7. The van der Waals surface area contributed by atoms with E-state index in [0.717, 1.165) is 5.56 Å². The molecule has 2 N–H and O–H groups in total. The number of nitrogens with zero attached hydrogens (tertiary/aromatic N) is 2. The molecule has 0 aromatic carbocycles. The molecule has 0 radical (unpaired) electrons. The lowest BCUT2D eigenvalue weighted by Gasteiger charge is -2.16. The van der Waals surface area contributed by atoms with Gasteiger partial charge in [-0.05, 0) is 25.7 Å². The Balaban J connectivity index is 2.30. The van der Waals surface area contributed by atoms with Crippen LogP contribution in [0.5, 0.6) is 5.88 Å². The predicted molar refractivity (Wildman–Crippen MR) is 67.1 cm³/mol. The van der Waals surface area contributed by atoms with E-state index in [9.17, 15) is 5.11 Å². The van der Waals surface area contributed by atoms with Gasteiger partial charge in [-0.2, -0.15) is 0 Å². The number of ether oxygens (including phenoxy) is 1. The fourth-order valence-corrected chi connectivity index (χ4v) is 1.54. The minimum Gasteiger partial charge on any atom is -0.481 e. The topological polar surface area (TPSA) is 57.6 Å². The second-order valence-electron chi connectivity index (χ2n) is 4.25. The molecule has 17 heavy (non-hydrogen) atoms. The maximum absolute atomic E-state index is 9.66. The van der Waals surface area contributed by atoms with Crippen LogP contribution in [-0.4, -0.2) is 55.4 Å². The molecule has 1 rings (SSSR count). The molecule has 0 aliphatic carbocycles. The van der Waals surface area contributed by atoms with Gasteiger partial charge in [0.1, 0.15) is 0 Å². The van der Waals surface area contributed by atoms with Crippen molar-refractivity contribution in [2.24, 2.45) is 0 Å². The van der Waals surface area contributed by atoms with Gasteiger partial charge < -0.3 is 20.1 Å². The first kappa shape index (κ1) is 13.9. The third kappa shape index (κ3) is 5.63. The maximum Gasteiger partial charge on any atom is 0.213 e. The molecule has 0 aliphatic rings. The number of aromatic nitrogens is 1. The first-order valence-corrected chi connectivity index (χ1v) is 5.64. The van der Waals surface area contributed by atoms with Gasteiger partial charge in [0.05, 0.1) is 13.2 Å². The van der Waals surface area contributed by atoms with Crippen molar-refractivity contribution in [2.75, 3.05) is 34.3 Å². The fraction of sp³-hybridized carbons (Fsp3) is 0.583. The monoisotopic (exact) mass is 239 g/mol. The molecule has 1 atom stereocenters. The van der Waals surface area contributed by atoms with Crippen molar-refractivity contribution in [1.82, 2.24) is 15.2 Å². The third-order valence-electron chi connectivity index (χ3n) is 2.29. The Bertz CT molecular complexity index is 331. The van der Waals surface area contributed by atoms with Crippen LogP contribution in [0.4, 0.5) is 0 Å². The summed E-state index contributed by atoms with van der Waals surface area (Å²) in [5.41, 5.74) is 1.09. The van der Waals surface area contributed by atoms with Crippen LogP contribution in [-0.2, 0) is 6.54 Å². The smallest absolute Gasteiger partial charge is 0.213 e. The molecule has 96 valence electrons. The zero-order chi connectivity index (χ0) is 12.7. The average Bonchev–Trinajstić information content (AvgIpc) is 2.28. The van der Waals surface area contributed by atoms with Crippen LogP contribution in [0.1, 0.15) is 5.56 Å². The standard InChI is InChI=1S/C12H21N3O2/c1-15(2)9-11(16)8-13-7-10-4-5-14-12(6-10)17-3/h4-6,11,13,16H,7-9H2,1-3H3. The van der Waals surface area contributed by atoms with Crippen LogP contribution in [0.3, 0.4) is 0 Å². The van der Waals surface area contributed by atoms with Crippen LogP contribution in [0.2, 0.25) is 0 Å². The molecular formula is C12H21N3O2. The van der Waals surface area contributed by atoms with E-state index in [4.69, 9.17) is 4.74 Å². The minimum atomic E-state index is -0.353. The highest BCUT2D eigenvalue weighted by atomic mass is 16.5. The van der Waals surface area contributed by atoms with E-state index in [1.165, 1.54) is 0 Å². The Hall–Kier alpha value is -1.17. The number of pyridine rings is 1. The number of hydrogen-bond donors (Lipinski definition) is 2. The van der Waals surface area contributed by atoms with Crippen molar-refractivity contribution in [3.63, 3.8) is 0 Å². The molecule has 0 saturated heterocycles. The lowest BCUT2D eigenvalue weighted by molar-refractivity contribution is 0.134. The largest absolute Gasteiger partial charge is 0.481 e. The Labute approximate surface area is 102 Å². The summed E-state index contributed by atoms with van der Waals surface area (Å²) in [6, 6.07) is 3.80. The average molecular weight is 239 g/mol. The van der Waals surface area contributed by atoms with Crippen LogP contribution in [0, 0.1) is 0 Å². The molecule has 1 heterocycles. The van der Waals surface area contributed by atoms with Gasteiger partial charge in [-0.15, -0.1) is 0 Å². The second kappa shape index (κ2) is 7.21. The number of aliphatic hydroxyl groups is 1. The van der Waals surface area contributed by atoms with Gasteiger partial charge in [0.25, 0.3) is 0 Å². The summed E-state index contributed by atoms with van der Waals surface area (Å²) >= 11 is 0. The van der Waals surface area contributed by atoms with Crippen LogP contribution in [0.25, 0.3) is 0 Å². The third-order valence-corrected chi connectivity index (χ3v) is 2.29. The van der Waals surface area contributed by atoms with Gasteiger partial charge in [-0.1, -0.05) is 0 Å². The summed E-state index contributed by atoms with van der Waals surface area (Å²) in [4.78, 5) is 5.99. The van der Waals surface area contributed by atoms with Crippen molar-refractivity contribution in [2.45, 2.75) is 12.6 Å². The number of aliphatic hydroxyl groups excluding tert-OH is 1. The summed E-state index contributed by atoms with van der Waals surface area (Å²) in [6.45, 7) is 1.93. The number of nitrogens with one attached hydrogen (secondary N) is 1.